The maximum Gasteiger partial charge on any atom is 0.254 e. The number of aryl methyl sites for hydroxylation is 2. The molecule has 236 valence electrons. The molecular weight excluding hydrogens is 573 g/mol. The number of aromatic nitrogens is 2. The van der Waals surface area contributed by atoms with E-state index in [-0.39, 0.29) is 29.6 Å². The van der Waals surface area contributed by atoms with Gasteiger partial charge in [0.05, 0.1) is 11.4 Å². The van der Waals surface area contributed by atoms with Crippen molar-refractivity contribution >= 4 is 17.5 Å². The van der Waals surface area contributed by atoms with Crippen molar-refractivity contribution in [3.05, 3.63) is 107 Å². The lowest BCUT2D eigenvalue weighted by atomic mass is 10.0. The lowest BCUT2D eigenvalue weighted by Crippen LogP contribution is -2.33. The third kappa shape index (κ3) is 7.87. The maximum absolute atomic E-state index is 14.3. The van der Waals surface area contributed by atoms with Gasteiger partial charge < -0.3 is 25.1 Å². The van der Waals surface area contributed by atoms with E-state index in [1.165, 1.54) is 20.0 Å². The van der Waals surface area contributed by atoms with Gasteiger partial charge in [-0.05, 0) is 101 Å². The summed E-state index contributed by atoms with van der Waals surface area (Å²) in [6.45, 7) is 7.76. The summed E-state index contributed by atoms with van der Waals surface area (Å²) in [4.78, 5) is 36.8. The number of halogens is 1. The number of alkyl halides is 1. The third-order valence-corrected chi connectivity index (χ3v) is 8.08. The zero-order chi connectivity index (χ0) is 32.1. The molecular formula is C35H40FN5O4. The number of hydrogen-bond donors (Lipinski definition) is 3. The number of benzene rings is 2. The number of carbonyl (C=O) groups is 2. The fourth-order valence-electron chi connectivity index (χ4n) is 5.50. The minimum absolute atomic E-state index is 0.110. The van der Waals surface area contributed by atoms with Gasteiger partial charge in [-0.2, -0.15) is 0 Å². The molecule has 1 aliphatic heterocycles. The highest BCUT2D eigenvalue weighted by Gasteiger charge is 2.34. The molecule has 2 aromatic heterocycles. The molecule has 9 nitrogen and oxygen atoms in total. The quantitative estimate of drug-likeness (QED) is 0.162. The van der Waals surface area contributed by atoms with E-state index in [0.717, 1.165) is 29.7 Å². The number of anilines is 1. The molecule has 2 amide bonds. The van der Waals surface area contributed by atoms with Crippen LogP contribution in [0.25, 0.3) is 0 Å². The smallest absolute Gasteiger partial charge is 0.254 e. The van der Waals surface area contributed by atoms with Crippen LogP contribution < -0.4 is 10.6 Å². The number of phenols is 1. The van der Waals surface area contributed by atoms with Crippen molar-refractivity contribution in [1.82, 2.24) is 20.2 Å². The van der Waals surface area contributed by atoms with Crippen molar-refractivity contribution in [2.75, 3.05) is 11.9 Å². The fraction of sp³-hybridized carbons (Fsp3) is 0.371. The van der Waals surface area contributed by atoms with Crippen molar-refractivity contribution < 1.29 is 23.5 Å². The minimum Gasteiger partial charge on any atom is -0.506 e. The normalized spacial score (nSPS) is 15.6. The van der Waals surface area contributed by atoms with Crippen LogP contribution in [0.5, 0.6) is 5.75 Å². The summed E-state index contributed by atoms with van der Waals surface area (Å²) in [5.74, 6) is 0.250. The fourth-order valence-corrected chi connectivity index (χ4v) is 5.50. The Morgan fingerprint density at radius 2 is 1.93 bits per heavy atom. The predicted molar refractivity (Wildman–Crippen MR) is 170 cm³/mol. The highest BCUT2D eigenvalue weighted by molar-refractivity contribution is 6.00. The largest absolute Gasteiger partial charge is 0.506 e. The number of likely N-dealkylation sites (tertiary alicyclic amines) is 1. The number of amides is 2. The molecule has 1 saturated heterocycles. The van der Waals surface area contributed by atoms with Gasteiger partial charge in [-0.15, -0.1) is 0 Å². The van der Waals surface area contributed by atoms with Crippen molar-refractivity contribution in [3.8, 4) is 5.75 Å². The predicted octanol–water partition coefficient (Wildman–Crippen LogP) is 6.63. The van der Waals surface area contributed by atoms with Crippen LogP contribution in [-0.2, 0) is 18.6 Å². The molecule has 0 bridgehead atoms. The van der Waals surface area contributed by atoms with Crippen LogP contribution in [-0.4, -0.2) is 44.4 Å². The summed E-state index contributed by atoms with van der Waals surface area (Å²) in [5, 5.41) is 16.8. The SMILES string of the molecule is Cc1coc([C@H]2CCCN2C(=O)c2cccc(C(=O)N[C@@H](C)CCc3ccc(NCc4cncc(C(C)(C)F)c4)c(O)c3)c2)n1. The standard InChI is InChI=1S/C35H40FN5O4/c1-22(10-11-24-12-13-29(31(42)16-24)38-19-25-15-28(20-37-18-25)35(3,4)36)39-32(43)26-7-5-8-27(17-26)34(44)41-14-6-9-30(41)33-40-23(2)21-45-33/h5,7-8,12-13,15-18,20-22,30,38,42H,6,9-11,14,19H2,1-4H3,(H,39,43)/t22-,30+/m0/s1. The lowest BCUT2D eigenvalue weighted by molar-refractivity contribution is 0.0715. The van der Waals surface area contributed by atoms with E-state index in [1.807, 2.05) is 19.9 Å². The van der Waals surface area contributed by atoms with Gasteiger partial charge in [-0.3, -0.25) is 14.6 Å². The van der Waals surface area contributed by atoms with E-state index in [9.17, 15) is 19.1 Å². The first kappa shape index (κ1) is 31.7. The van der Waals surface area contributed by atoms with Crippen molar-refractivity contribution in [2.24, 2.45) is 0 Å². The average molecular weight is 614 g/mol. The Morgan fingerprint density at radius 3 is 2.67 bits per heavy atom. The van der Waals surface area contributed by atoms with Crippen LogP contribution in [0.15, 0.2) is 71.6 Å². The molecule has 1 aliphatic rings. The summed E-state index contributed by atoms with van der Waals surface area (Å²) >= 11 is 0. The van der Waals surface area contributed by atoms with Gasteiger partial charge in [0.25, 0.3) is 11.8 Å². The van der Waals surface area contributed by atoms with E-state index >= 15 is 0 Å². The molecule has 0 radical (unpaired) electrons. The highest BCUT2D eigenvalue weighted by Crippen LogP contribution is 2.33. The number of hydrogen-bond acceptors (Lipinski definition) is 7. The molecule has 1 fully saturated rings. The van der Waals surface area contributed by atoms with Gasteiger partial charge >= 0.3 is 0 Å². The zero-order valence-corrected chi connectivity index (χ0v) is 26.1. The van der Waals surface area contributed by atoms with Gasteiger partial charge in [0.1, 0.15) is 23.7 Å². The Balaban J connectivity index is 1.13. The van der Waals surface area contributed by atoms with Crippen LogP contribution in [0, 0.1) is 6.92 Å². The Bertz CT molecular complexity index is 1660. The van der Waals surface area contributed by atoms with Crippen LogP contribution in [0.3, 0.4) is 0 Å². The number of carbonyl (C=O) groups excluding carboxylic acids is 2. The molecule has 0 unspecified atom stereocenters. The first-order chi connectivity index (χ1) is 21.5. The van der Waals surface area contributed by atoms with Crippen molar-refractivity contribution in [1.29, 1.82) is 0 Å². The molecule has 2 atom stereocenters. The van der Waals surface area contributed by atoms with E-state index in [4.69, 9.17) is 4.42 Å². The number of phenolic OH excluding ortho intramolecular Hbond substituents is 1. The Morgan fingerprint density at radius 1 is 1.13 bits per heavy atom. The van der Waals surface area contributed by atoms with Crippen molar-refractivity contribution in [2.45, 2.75) is 77.7 Å². The van der Waals surface area contributed by atoms with Gasteiger partial charge in [-0.25, -0.2) is 9.37 Å². The molecule has 3 N–H and O–H groups in total. The molecule has 10 heteroatoms. The number of nitrogens with one attached hydrogen (secondary N) is 2. The number of nitrogens with zero attached hydrogens (tertiary/aromatic N) is 3. The summed E-state index contributed by atoms with van der Waals surface area (Å²) in [6, 6.07) is 13.6. The van der Waals surface area contributed by atoms with Crippen LogP contribution in [0.1, 0.15) is 95.1 Å². The monoisotopic (exact) mass is 613 g/mol. The Hall–Kier alpha value is -4.73. The van der Waals surface area contributed by atoms with E-state index in [0.29, 0.717) is 54.2 Å². The second-order valence-corrected chi connectivity index (χ2v) is 12.2. The lowest BCUT2D eigenvalue weighted by Gasteiger charge is -2.22. The van der Waals surface area contributed by atoms with Gasteiger partial charge in [0.15, 0.2) is 0 Å². The van der Waals surface area contributed by atoms with E-state index in [1.54, 1.807) is 59.8 Å². The molecule has 0 saturated carbocycles. The summed E-state index contributed by atoms with van der Waals surface area (Å²) in [7, 11) is 0. The Kier molecular flexibility index (Phi) is 9.51. The first-order valence-electron chi connectivity index (χ1n) is 15.3. The first-order valence-corrected chi connectivity index (χ1v) is 15.3. The molecule has 0 aliphatic carbocycles. The molecule has 3 heterocycles. The van der Waals surface area contributed by atoms with Gasteiger partial charge in [0, 0.05) is 48.2 Å². The zero-order valence-electron chi connectivity index (χ0n) is 26.1. The summed E-state index contributed by atoms with van der Waals surface area (Å²) in [5.41, 5.74) is 2.96. The van der Waals surface area contributed by atoms with Crippen LogP contribution >= 0.6 is 0 Å². The highest BCUT2D eigenvalue weighted by atomic mass is 19.1. The second kappa shape index (κ2) is 13.5. The maximum atomic E-state index is 14.3. The molecule has 45 heavy (non-hydrogen) atoms. The summed E-state index contributed by atoms with van der Waals surface area (Å²) < 4.78 is 19.9. The van der Waals surface area contributed by atoms with E-state index < -0.39 is 5.67 Å². The van der Waals surface area contributed by atoms with Gasteiger partial charge in [-0.1, -0.05) is 12.1 Å². The molecule has 0 spiro atoms. The number of rotatable bonds is 11. The number of aromatic hydroxyl groups is 1. The summed E-state index contributed by atoms with van der Waals surface area (Å²) in [6.07, 6.45) is 7.72. The topological polar surface area (TPSA) is 121 Å². The number of pyridine rings is 1. The van der Waals surface area contributed by atoms with Crippen molar-refractivity contribution in [3.63, 3.8) is 0 Å². The number of oxazole rings is 1. The molecule has 4 aromatic rings. The molecule has 2 aromatic carbocycles. The average Bonchev–Trinajstić information content (AvgIpc) is 3.68. The van der Waals surface area contributed by atoms with Gasteiger partial charge in [0.2, 0.25) is 5.89 Å². The third-order valence-electron chi connectivity index (χ3n) is 8.08. The van der Waals surface area contributed by atoms with Crippen LogP contribution in [0.2, 0.25) is 0 Å². The minimum atomic E-state index is -1.48. The van der Waals surface area contributed by atoms with Crippen LogP contribution in [0.4, 0.5) is 10.1 Å². The molecule has 5 rings (SSSR count). The van der Waals surface area contributed by atoms with E-state index in [2.05, 4.69) is 20.6 Å². The second-order valence-electron chi connectivity index (χ2n) is 12.2. The Labute approximate surface area is 262 Å².